The second-order valence-electron chi connectivity index (χ2n) is 5.90. The van der Waals surface area contributed by atoms with Gasteiger partial charge in [-0.15, -0.1) is 12.4 Å². The van der Waals surface area contributed by atoms with E-state index in [1.165, 1.54) is 11.1 Å². The van der Waals surface area contributed by atoms with Crippen LogP contribution in [-0.4, -0.2) is 32.2 Å². The second-order valence-corrected chi connectivity index (χ2v) is 5.90. The van der Waals surface area contributed by atoms with Gasteiger partial charge in [-0.1, -0.05) is 60.7 Å². The molecule has 0 aliphatic heterocycles. The summed E-state index contributed by atoms with van der Waals surface area (Å²) in [6.07, 6.45) is 0.949. The summed E-state index contributed by atoms with van der Waals surface area (Å²) in [6, 6.07) is 20.6. The molecular formula is C20H27ClN2O2. The van der Waals surface area contributed by atoms with E-state index in [0.717, 1.165) is 6.42 Å². The first-order valence-electron chi connectivity index (χ1n) is 8.31. The fraction of sp³-hybridized carbons (Fsp3) is 0.350. The number of rotatable bonds is 9. The maximum absolute atomic E-state index is 12.1. The summed E-state index contributed by atoms with van der Waals surface area (Å²) in [7, 11) is 1.58. The minimum absolute atomic E-state index is 0. The van der Waals surface area contributed by atoms with Gasteiger partial charge in [0.1, 0.15) is 0 Å². The van der Waals surface area contributed by atoms with Gasteiger partial charge in [-0.05, 0) is 17.5 Å². The molecule has 0 aliphatic rings. The number of hydrogen-bond acceptors (Lipinski definition) is 3. The van der Waals surface area contributed by atoms with Crippen LogP contribution in [0, 0.1) is 0 Å². The Bertz CT molecular complexity index is 604. The van der Waals surface area contributed by atoms with Crippen molar-refractivity contribution in [1.29, 1.82) is 0 Å². The zero-order valence-electron chi connectivity index (χ0n) is 14.6. The summed E-state index contributed by atoms with van der Waals surface area (Å²) in [5.74, 6) is 0.206. The van der Waals surface area contributed by atoms with Gasteiger partial charge in [0, 0.05) is 26.1 Å². The third-order valence-electron chi connectivity index (χ3n) is 4.15. The SMILES string of the molecule is COC(CN)CC(=O)NCC(Cc1ccccc1)c1ccccc1.Cl. The highest BCUT2D eigenvalue weighted by atomic mass is 35.5. The van der Waals surface area contributed by atoms with E-state index in [0.29, 0.717) is 19.5 Å². The van der Waals surface area contributed by atoms with Gasteiger partial charge in [0.25, 0.3) is 0 Å². The van der Waals surface area contributed by atoms with E-state index in [-0.39, 0.29) is 30.3 Å². The van der Waals surface area contributed by atoms with Crippen LogP contribution in [0.25, 0.3) is 0 Å². The van der Waals surface area contributed by atoms with E-state index in [1.807, 2.05) is 36.4 Å². The van der Waals surface area contributed by atoms with Crippen molar-refractivity contribution in [2.45, 2.75) is 24.9 Å². The molecule has 0 spiro atoms. The first kappa shape index (κ1) is 21.2. The highest BCUT2D eigenvalue weighted by Gasteiger charge is 2.16. The second kappa shape index (κ2) is 11.6. The van der Waals surface area contributed by atoms with E-state index in [4.69, 9.17) is 10.5 Å². The monoisotopic (exact) mass is 362 g/mol. The molecule has 0 heterocycles. The molecule has 0 radical (unpaired) electrons. The van der Waals surface area contributed by atoms with Crippen LogP contribution in [0.15, 0.2) is 60.7 Å². The highest BCUT2D eigenvalue weighted by molar-refractivity contribution is 5.85. The lowest BCUT2D eigenvalue weighted by Crippen LogP contribution is -2.34. The Labute approximate surface area is 156 Å². The summed E-state index contributed by atoms with van der Waals surface area (Å²) in [5.41, 5.74) is 8.06. The fourth-order valence-corrected chi connectivity index (χ4v) is 2.71. The largest absolute Gasteiger partial charge is 0.380 e. The normalized spacial score (nSPS) is 12.7. The number of carbonyl (C=O) groups excluding carboxylic acids is 1. The topological polar surface area (TPSA) is 64.3 Å². The Morgan fingerprint density at radius 3 is 2.24 bits per heavy atom. The predicted octanol–water partition coefficient (Wildman–Crippen LogP) is 2.91. The Kier molecular flexibility index (Phi) is 9.85. The summed E-state index contributed by atoms with van der Waals surface area (Å²) >= 11 is 0. The molecule has 0 aliphatic carbocycles. The first-order valence-corrected chi connectivity index (χ1v) is 8.31. The Morgan fingerprint density at radius 2 is 1.68 bits per heavy atom. The lowest BCUT2D eigenvalue weighted by Gasteiger charge is -2.19. The number of ether oxygens (including phenoxy) is 1. The molecule has 2 rings (SSSR count). The van der Waals surface area contributed by atoms with E-state index in [1.54, 1.807) is 7.11 Å². The van der Waals surface area contributed by atoms with Crippen LogP contribution in [0.2, 0.25) is 0 Å². The lowest BCUT2D eigenvalue weighted by molar-refractivity contribution is -0.123. The zero-order valence-corrected chi connectivity index (χ0v) is 15.4. The molecule has 5 heteroatoms. The van der Waals surface area contributed by atoms with Gasteiger partial charge in [-0.25, -0.2) is 0 Å². The van der Waals surface area contributed by atoms with Crippen molar-refractivity contribution in [3.8, 4) is 0 Å². The Hall–Kier alpha value is -1.88. The molecule has 0 aromatic heterocycles. The fourth-order valence-electron chi connectivity index (χ4n) is 2.71. The molecule has 2 unspecified atom stereocenters. The number of amides is 1. The van der Waals surface area contributed by atoms with Crippen LogP contribution >= 0.6 is 12.4 Å². The molecule has 0 fully saturated rings. The van der Waals surface area contributed by atoms with Gasteiger partial charge >= 0.3 is 0 Å². The Morgan fingerprint density at radius 1 is 1.08 bits per heavy atom. The van der Waals surface area contributed by atoms with Crippen LogP contribution in [0.4, 0.5) is 0 Å². The van der Waals surface area contributed by atoms with Crippen molar-refractivity contribution >= 4 is 18.3 Å². The lowest BCUT2D eigenvalue weighted by atomic mass is 9.92. The first-order chi connectivity index (χ1) is 11.7. The van der Waals surface area contributed by atoms with Crippen molar-refractivity contribution in [3.05, 3.63) is 71.8 Å². The molecule has 1 amide bonds. The number of benzene rings is 2. The van der Waals surface area contributed by atoms with Crippen LogP contribution in [0.3, 0.4) is 0 Å². The van der Waals surface area contributed by atoms with Crippen molar-refractivity contribution < 1.29 is 9.53 Å². The summed E-state index contributed by atoms with van der Waals surface area (Å²) in [5, 5.41) is 3.03. The minimum Gasteiger partial charge on any atom is -0.380 e. The maximum atomic E-state index is 12.1. The van der Waals surface area contributed by atoms with Crippen molar-refractivity contribution in [2.75, 3.05) is 20.2 Å². The quantitative estimate of drug-likeness (QED) is 0.720. The molecule has 2 atom stereocenters. The number of nitrogens with two attached hydrogens (primary N) is 1. The van der Waals surface area contributed by atoms with Crippen LogP contribution in [0.1, 0.15) is 23.5 Å². The number of hydrogen-bond donors (Lipinski definition) is 2. The van der Waals surface area contributed by atoms with Crippen LogP contribution in [0.5, 0.6) is 0 Å². The van der Waals surface area contributed by atoms with Gasteiger partial charge < -0.3 is 15.8 Å². The average molecular weight is 363 g/mol. The Balaban J connectivity index is 0.00000312. The van der Waals surface area contributed by atoms with Crippen molar-refractivity contribution in [1.82, 2.24) is 5.32 Å². The molecule has 2 aromatic rings. The molecule has 136 valence electrons. The molecule has 3 N–H and O–H groups in total. The van der Waals surface area contributed by atoms with E-state index < -0.39 is 0 Å². The number of carbonyl (C=O) groups is 1. The summed E-state index contributed by atoms with van der Waals surface area (Å²) in [4.78, 5) is 12.1. The van der Waals surface area contributed by atoms with Gasteiger partial charge in [-0.2, -0.15) is 0 Å². The van der Waals surface area contributed by atoms with E-state index >= 15 is 0 Å². The maximum Gasteiger partial charge on any atom is 0.222 e. The zero-order chi connectivity index (χ0) is 17.2. The van der Waals surface area contributed by atoms with Crippen LogP contribution < -0.4 is 11.1 Å². The number of methoxy groups -OCH3 is 1. The van der Waals surface area contributed by atoms with Gasteiger partial charge in [0.05, 0.1) is 12.5 Å². The van der Waals surface area contributed by atoms with E-state index in [2.05, 4.69) is 29.6 Å². The van der Waals surface area contributed by atoms with E-state index in [9.17, 15) is 4.79 Å². The van der Waals surface area contributed by atoms with Crippen LogP contribution in [-0.2, 0) is 16.0 Å². The van der Waals surface area contributed by atoms with Gasteiger partial charge in [-0.3, -0.25) is 4.79 Å². The standard InChI is InChI=1S/C20H26N2O2.ClH/c1-24-19(14-21)13-20(23)22-15-18(17-10-6-3-7-11-17)12-16-8-4-2-5-9-16;/h2-11,18-19H,12-15,21H2,1H3,(H,22,23);1H. The molecule has 0 saturated carbocycles. The van der Waals surface area contributed by atoms with Gasteiger partial charge in [0.2, 0.25) is 5.91 Å². The summed E-state index contributed by atoms with van der Waals surface area (Å²) < 4.78 is 5.17. The molecule has 25 heavy (non-hydrogen) atoms. The summed E-state index contributed by atoms with van der Waals surface area (Å²) in [6.45, 7) is 0.939. The molecule has 0 saturated heterocycles. The smallest absolute Gasteiger partial charge is 0.222 e. The third kappa shape index (κ3) is 7.26. The average Bonchev–Trinajstić information content (AvgIpc) is 2.64. The third-order valence-corrected chi connectivity index (χ3v) is 4.15. The molecule has 0 bridgehead atoms. The van der Waals surface area contributed by atoms with Crippen molar-refractivity contribution in [2.24, 2.45) is 5.73 Å². The predicted molar refractivity (Wildman–Crippen MR) is 104 cm³/mol. The molecule has 4 nitrogen and oxygen atoms in total. The number of nitrogens with one attached hydrogen (secondary N) is 1. The van der Waals surface area contributed by atoms with Gasteiger partial charge in [0.15, 0.2) is 0 Å². The van der Waals surface area contributed by atoms with Crippen molar-refractivity contribution in [3.63, 3.8) is 0 Å². The highest BCUT2D eigenvalue weighted by Crippen LogP contribution is 2.20. The molecule has 2 aromatic carbocycles. The minimum atomic E-state index is -0.228. The molecular weight excluding hydrogens is 336 g/mol. The number of halogens is 1.